The Kier molecular flexibility index (Phi) is 4.60. The average molecular weight is 252 g/mol. The standard InChI is InChI=1S/C14H24N2S/c1-11(13-5-4-7-16(3)9-13)15-12(2)14-6-8-17-10-14/h6,8,10-13,15H,4-5,7,9H2,1-3H3. The Morgan fingerprint density at radius 1 is 1.47 bits per heavy atom. The zero-order valence-corrected chi connectivity index (χ0v) is 12.0. The van der Waals surface area contributed by atoms with Crippen molar-refractivity contribution in [2.45, 2.75) is 38.8 Å². The van der Waals surface area contributed by atoms with E-state index < -0.39 is 0 Å². The third-order valence-electron chi connectivity index (χ3n) is 3.92. The number of nitrogens with one attached hydrogen (secondary N) is 1. The van der Waals surface area contributed by atoms with E-state index in [0.717, 1.165) is 5.92 Å². The number of piperidine rings is 1. The van der Waals surface area contributed by atoms with E-state index in [-0.39, 0.29) is 0 Å². The van der Waals surface area contributed by atoms with Crippen molar-refractivity contribution in [1.29, 1.82) is 0 Å². The summed E-state index contributed by atoms with van der Waals surface area (Å²) in [6, 6.07) is 3.30. The molecule has 3 unspecified atom stereocenters. The molecule has 1 aromatic rings. The minimum absolute atomic E-state index is 0.475. The van der Waals surface area contributed by atoms with E-state index in [1.165, 1.54) is 31.5 Å². The Labute approximate surface area is 109 Å². The summed E-state index contributed by atoms with van der Waals surface area (Å²) in [6.45, 7) is 7.12. The summed E-state index contributed by atoms with van der Waals surface area (Å²) >= 11 is 1.78. The van der Waals surface area contributed by atoms with Gasteiger partial charge >= 0.3 is 0 Å². The lowest BCUT2D eigenvalue weighted by atomic mass is 9.91. The molecule has 0 saturated carbocycles. The molecule has 0 aliphatic carbocycles. The number of rotatable bonds is 4. The topological polar surface area (TPSA) is 15.3 Å². The lowest BCUT2D eigenvalue weighted by molar-refractivity contribution is 0.174. The van der Waals surface area contributed by atoms with Gasteiger partial charge in [-0.15, -0.1) is 0 Å². The molecule has 17 heavy (non-hydrogen) atoms. The fraction of sp³-hybridized carbons (Fsp3) is 0.714. The molecule has 1 aliphatic heterocycles. The van der Waals surface area contributed by atoms with Crippen LogP contribution in [0.15, 0.2) is 16.8 Å². The van der Waals surface area contributed by atoms with Gasteiger partial charge in [-0.3, -0.25) is 0 Å². The summed E-state index contributed by atoms with van der Waals surface area (Å²) < 4.78 is 0. The van der Waals surface area contributed by atoms with Crippen molar-refractivity contribution in [2.75, 3.05) is 20.1 Å². The van der Waals surface area contributed by atoms with E-state index in [1.54, 1.807) is 11.3 Å². The van der Waals surface area contributed by atoms with Gasteiger partial charge in [-0.2, -0.15) is 11.3 Å². The Morgan fingerprint density at radius 3 is 2.94 bits per heavy atom. The minimum atomic E-state index is 0.475. The summed E-state index contributed by atoms with van der Waals surface area (Å²) in [6.07, 6.45) is 2.72. The Morgan fingerprint density at radius 2 is 2.29 bits per heavy atom. The molecule has 2 rings (SSSR count). The molecule has 1 N–H and O–H groups in total. The first-order chi connectivity index (χ1) is 8.16. The highest BCUT2D eigenvalue weighted by atomic mass is 32.1. The monoisotopic (exact) mass is 252 g/mol. The molecule has 96 valence electrons. The first-order valence-corrected chi connectivity index (χ1v) is 7.58. The summed E-state index contributed by atoms with van der Waals surface area (Å²) in [4.78, 5) is 2.46. The molecule has 3 heteroatoms. The van der Waals surface area contributed by atoms with Crippen LogP contribution in [0.4, 0.5) is 0 Å². The molecule has 1 saturated heterocycles. The van der Waals surface area contributed by atoms with Crippen molar-refractivity contribution >= 4 is 11.3 Å². The van der Waals surface area contributed by atoms with Crippen LogP contribution in [0.1, 0.15) is 38.3 Å². The summed E-state index contributed by atoms with van der Waals surface area (Å²) in [5.41, 5.74) is 1.42. The predicted octanol–water partition coefficient (Wildman–Crippen LogP) is 3.13. The number of hydrogen-bond donors (Lipinski definition) is 1. The van der Waals surface area contributed by atoms with E-state index >= 15 is 0 Å². The quantitative estimate of drug-likeness (QED) is 0.885. The largest absolute Gasteiger partial charge is 0.307 e. The zero-order valence-electron chi connectivity index (χ0n) is 11.1. The molecule has 0 bridgehead atoms. The first-order valence-electron chi connectivity index (χ1n) is 6.63. The maximum absolute atomic E-state index is 3.75. The van der Waals surface area contributed by atoms with Crippen LogP contribution in [0, 0.1) is 5.92 Å². The molecule has 0 aromatic carbocycles. The summed E-state index contributed by atoms with van der Waals surface area (Å²) in [7, 11) is 2.24. The van der Waals surface area contributed by atoms with E-state index in [1.807, 2.05) is 0 Å². The summed E-state index contributed by atoms with van der Waals surface area (Å²) in [5.74, 6) is 0.801. The van der Waals surface area contributed by atoms with Crippen LogP contribution in [0.25, 0.3) is 0 Å². The van der Waals surface area contributed by atoms with Crippen molar-refractivity contribution in [1.82, 2.24) is 10.2 Å². The second-order valence-electron chi connectivity index (χ2n) is 5.40. The second-order valence-corrected chi connectivity index (χ2v) is 6.18. The van der Waals surface area contributed by atoms with Crippen LogP contribution >= 0.6 is 11.3 Å². The smallest absolute Gasteiger partial charge is 0.0302 e. The van der Waals surface area contributed by atoms with Gasteiger partial charge in [-0.25, -0.2) is 0 Å². The highest BCUT2D eigenvalue weighted by molar-refractivity contribution is 7.07. The lowest BCUT2D eigenvalue weighted by Crippen LogP contribution is -2.43. The number of likely N-dealkylation sites (tertiary alicyclic amines) is 1. The van der Waals surface area contributed by atoms with Gasteiger partial charge in [0.15, 0.2) is 0 Å². The molecule has 3 atom stereocenters. The second kappa shape index (κ2) is 5.98. The fourth-order valence-corrected chi connectivity index (χ4v) is 3.52. The third kappa shape index (κ3) is 3.54. The molecule has 2 heterocycles. The van der Waals surface area contributed by atoms with E-state index in [2.05, 4.69) is 47.9 Å². The Hall–Kier alpha value is -0.380. The van der Waals surface area contributed by atoms with E-state index in [4.69, 9.17) is 0 Å². The molecule has 0 amide bonds. The van der Waals surface area contributed by atoms with Crippen LogP contribution in [0.5, 0.6) is 0 Å². The SMILES string of the molecule is CC(NC(C)C1CCCN(C)C1)c1ccsc1. The molecular weight excluding hydrogens is 228 g/mol. The molecule has 0 spiro atoms. The first kappa shape index (κ1) is 13.1. The molecule has 2 nitrogen and oxygen atoms in total. The average Bonchev–Trinajstić information content (AvgIpc) is 2.82. The van der Waals surface area contributed by atoms with Crippen molar-refractivity contribution in [3.05, 3.63) is 22.4 Å². The summed E-state index contributed by atoms with van der Waals surface area (Å²) in [5, 5.41) is 8.16. The molecule has 1 aliphatic rings. The molecule has 0 radical (unpaired) electrons. The lowest BCUT2D eigenvalue weighted by Gasteiger charge is -2.35. The van der Waals surface area contributed by atoms with Gasteiger partial charge in [0.2, 0.25) is 0 Å². The number of thiophene rings is 1. The van der Waals surface area contributed by atoms with Crippen molar-refractivity contribution in [2.24, 2.45) is 5.92 Å². The molecular formula is C14H24N2S. The molecule has 1 aromatic heterocycles. The van der Waals surface area contributed by atoms with E-state index in [0.29, 0.717) is 12.1 Å². The van der Waals surface area contributed by atoms with Gasteiger partial charge in [0, 0.05) is 18.6 Å². The Bertz CT molecular complexity index is 323. The maximum Gasteiger partial charge on any atom is 0.0302 e. The van der Waals surface area contributed by atoms with Crippen LogP contribution in [0.3, 0.4) is 0 Å². The van der Waals surface area contributed by atoms with Gasteiger partial charge in [0.1, 0.15) is 0 Å². The predicted molar refractivity (Wildman–Crippen MR) is 75.6 cm³/mol. The van der Waals surface area contributed by atoms with Gasteiger partial charge in [-0.05, 0) is 68.6 Å². The fourth-order valence-electron chi connectivity index (χ4n) is 2.76. The van der Waals surface area contributed by atoms with Crippen molar-refractivity contribution in [3.63, 3.8) is 0 Å². The van der Waals surface area contributed by atoms with Crippen molar-refractivity contribution < 1.29 is 0 Å². The van der Waals surface area contributed by atoms with Gasteiger partial charge in [0.25, 0.3) is 0 Å². The van der Waals surface area contributed by atoms with E-state index in [9.17, 15) is 0 Å². The number of nitrogens with zero attached hydrogens (tertiary/aromatic N) is 1. The third-order valence-corrected chi connectivity index (χ3v) is 4.63. The van der Waals surface area contributed by atoms with Crippen molar-refractivity contribution in [3.8, 4) is 0 Å². The maximum atomic E-state index is 3.75. The van der Waals surface area contributed by atoms with Gasteiger partial charge in [0.05, 0.1) is 0 Å². The highest BCUT2D eigenvalue weighted by Crippen LogP contribution is 2.22. The minimum Gasteiger partial charge on any atom is -0.307 e. The van der Waals surface area contributed by atoms with Crippen LogP contribution < -0.4 is 5.32 Å². The Balaban J connectivity index is 1.85. The van der Waals surface area contributed by atoms with Crippen LogP contribution in [-0.2, 0) is 0 Å². The molecule has 1 fully saturated rings. The van der Waals surface area contributed by atoms with Gasteiger partial charge < -0.3 is 10.2 Å². The zero-order chi connectivity index (χ0) is 12.3. The normalized spacial score (nSPS) is 25.7. The van der Waals surface area contributed by atoms with Gasteiger partial charge in [-0.1, -0.05) is 0 Å². The van der Waals surface area contributed by atoms with Crippen LogP contribution in [-0.4, -0.2) is 31.1 Å². The highest BCUT2D eigenvalue weighted by Gasteiger charge is 2.23. The van der Waals surface area contributed by atoms with Crippen LogP contribution in [0.2, 0.25) is 0 Å². The number of hydrogen-bond acceptors (Lipinski definition) is 3.